The van der Waals surface area contributed by atoms with Crippen molar-refractivity contribution in [3.63, 3.8) is 0 Å². The molecular formula is C42H92N2+2. The van der Waals surface area contributed by atoms with Crippen LogP contribution in [0, 0.1) is 0 Å². The summed E-state index contributed by atoms with van der Waals surface area (Å²) in [5.74, 6) is 0. The molecule has 0 rings (SSSR count). The lowest BCUT2D eigenvalue weighted by atomic mass is 10.0. The SMILES string of the molecule is CCCCCCCCCCCCCCCCCC[N+](C)(C)C.CCCCCCCCCCCCCCCCCC[N+](C)(C)C. The molecule has 44 heavy (non-hydrogen) atoms. The van der Waals surface area contributed by atoms with E-state index in [4.69, 9.17) is 0 Å². The van der Waals surface area contributed by atoms with Crippen molar-refractivity contribution in [2.75, 3.05) is 55.4 Å². The molecule has 0 aromatic carbocycles. The molecule has 2 heteroatoms. The lowest BCUT2D eigenvalue weighted by Crippen LogP contribution is -2.35. The Kier molecular flexibility index (Phi) is 37.4. The largest absolute Gasteiger partial charge is 0.331 e. The summed E-state index contributed by atoms with van der Waals surface area (Å²) in [6, 6.07) is 0. The molecule has 0 amide bonds. The summed E-state index contributed by atoms with van der Waals surface area (Å²) in [5, 5.41) is 0. The number of nitrogens with zero attached hydrogens (tertiary/aromatic N) is 2. The average molecular weight is 625 g/mol. The molecule has 0 saturated carbocycles. The summed E-state index contributed by atoms with van der Waals surface area (Å²) in [6.45, 7) is 7.26. The molecule has 2 nitrogen and oxygen atoms in total. The third-order valence-corrected chi connectivity index (χ3v) is 9.36. The molecule has 0 aliphatic rings. The van der Waals surface area contributed by atoms with Crippen LogP contribution in [0.4, 0.5) is 0 Å². The molecule has 0 radical (unpaired) electrons. The van der Waals surface area contributed by atoms with Gasteiger partial charge in [-0.15, -0.1) is 0 Å². The molecule has 268 valence electrons. The van der Waals surface area contributed by atoms with Crippen LogP contribution in [0.2, 0.25) is 0 Å². The van der Waals surface area contributed by atoms with E-state index in [1.165, 1.54) is 219 Å². The van der Waals surface area contributed by atoms with Crippen molar-refractivity contribution in [3.05, 3.63) is 0 Å². The van der Waals surface area contributed by atoms with Crippen LogP contribution < -0.4 is 0 Å². The van der Waals surface area contributed by atoms with Crippen molar-refractivity contribution in [1.29, 1.82) is 0 Å². The summed E-state index contributed by atoms with van der Waals surface area (Å²) in [4.78, 5) is 0. The highest BCUT2D eigenvalue weighted by atomic mass is 15.3. The Morgan fingerprint density at radius 1 is 0.205 bits per heavy atom. The molecular weight excluding hydrogens is 532 g/mol. The quantitative estimate of drug-likeness (QED) is 0.0493. The summed E-state index contributed by atoms with van der Waals surface area (Å²) in [6.07, 6.45) is 46.7. The first-order valence-electron chi connectivity index (χ1n) is 20.7. The van der Waals surface area contributed by atoms with Gasteiger partial charge in [0.15, 0.2) is 0 Å². The van der Waals surface area contributed by atoms with Crippen LogP contribution in [0.25, 0.3) is 0 Å². The van der Waals surface area contributed by atoms with Crippen LogP contribution >= 0.6 is 0 Å². The topological polar surface area (TPSA) is 0 Å². The van der Waals surface area contributed by atoms with E-state index in [1.807, 2.05) is 0 Å². The molecule has 0 aromatic rings. The van der Waals surface area contributed by atoms with Gasteiger partial charge in [0.05, 0.1) is 55.4 Å². The molecule has 0 aliphatic carbocycles. The number of hydrogen-bond acceptors (Lipinski definition) is 0. The van der Waals surface area contributed by atoms with Crippen molar-refractivity contribution in [3.8, 4) is 0 Å². The first-order chi connectivity index (χ1) is 21.1. The Bertz CT molecular complexity index is 455. The Morgan fingerprint density at radius 2 is 0.341 bits per heavy atom. The standard InChI is InChI=1S/2C21H46N/c2*1-5-6-7-8-9-10-11-12-13-14-15-16-17-18-19-20-21-22(2,3)4/h2*5-21H2,1-4H3/q2*+1. The maximum atomic E-state index is 2.30. The van der Waals surface area contributed by atoms with Gasteiger partial charge < -0.3 is 8.97 Å². The third kappa shape index (κ3) is 48.8. The van der Waals surface area contributed by atoms with Gasteiger partial charge in [-0.3, -0.25) is 0 Å². The van der Waals surface area contributed by atoms with E-state index in [2.05, 4.69) is 56.1 Å². The van der Waals surface area contributed by atoms with Gasteiger partial charge in [0.2, 0.25) is 0 Å². The van der Waals surface area contributed by atoms with Crippen molar-refractivity contribution < 1.29 is 8.97 Å². The minimum absolute atomic E-state index is 1.12. The van der Waals surface area contributed by atoms with E-state index >= 15 is 0 Å². The Morgan fingerprint density at radius 3 is 0.477 bits per heavy atom. The van der Waals surface area contributed by atoms with Crippen LogP contribution in [0.3, 0.4) is 0 Å². The van der Waals surface area contributed by atoms with E-state index in [9.17, 15) is 0 Å². The monoisotopic (exact) mass is 625 g/mol. The highest BCUT2D eigenvalue weighted by molar-refractivity contribution is 4.51. The number of unbranched alkanes of at least 4 members (excludes halogenated alkanes) is 30. The number of quaternary nitrogens is 2. The van der Waals surface area contributed by atoms with Crippen LogP contribution in [0.1, 0.15) is 219 Å². The molecule has 0 aliphatic heterocycles. The number of rotatable bonds is 34. The van der Waals surface area contributed by atoms with E-state index in [-0.39, 0.29) is 0 Å². The molecule has 0 heterocycles. The maximum Gasteiger partial charge on any atom is 0.0780 e. The fourth-order valence-corrected chi connectivity index (χ4v) is 6.27. The fourth-order valence-electron chi connectivity index (χ4n) is 6.27. The minimum Gasteiger partial charge on any atom is -0.331 e. The van der Waals surface area contributed by atoms with Gasteiger partial charge in [0.25, 0.3) is 0 Å². The zero-order chi connectivity index (χ0) is 33.0. The minimum atomic E-state index is 1.12. The molecule has 0 bridgehead atoms. The molecule has 0 N–H and O–H groups in total. The third-order valence-electron chi connectivity index (χ3n) is 9.36. The van der Waals surface area contributed by atoms with Gasteiger partial charge in [-0.25, -0.2) is 0 Å². The number of hydrogen-bond donors (Lipinski definition) is 0. The Hall–Kier alpha value is -0.0800. The van der Waals surface area contributed by atoms with Gasteiger partial charge in [-0.05, 0) is 25.7 Å². The fraction of sp³-hybridized carbons (Fsp3) is 1.00. The second-order valence-electron chi connectivity index (χ2n) is 16.6. The Labute approximate surface area is 283 Å². The van der Waals surface area contributed by atoms with Crippen LogP contribution in [0.15, 0.2) is 0 Å². The normalized spacial score (nSPS) is 12.0. The maximum absolute atomic E-state index is 2.30. The van der Waals surface area contributed by atoms with Crippen molar-refractivity contribution in [2.45, 2.75) is 219 Å². The van der Waals surface area contributed by atoms with E-state index in [0.29, 0.717) is 0 Å². The lowest BCUT2D eigenvalue weighted by Gasteiger charge is -2.23. The van der Waals surface area contributed by atoms with Crippen molar-refractivity contribution in [2.24, 2.45) is 0 Å². The highest BCUT2D eigenvalue weighted by Gasteiger charge is 2.06. The molecule has 0 aromatic heterocycles. The first kappa shape index (κ1) is 46.0. The van der Waals surface area contributed by atoms with Crippen molar-refractivity contribution in [1.82, 2.24) is 0 Å². The van der Waals surface area contributed by atoms with Gasteiger partial charge in [-0.1, -0.05) is 194 Å². The zero-order valence-corrected chi connectivity index (χ0v) is 32.9. The first-order valence-corrected chi connectivity index (χ1v) is 20.7. The highest BCUT2D eigenvalue weighted by Crippen LogP contribution is 2.15. The molecule has 0 unspecified atom stereocenters. The second-order valence-corrected chi connectivity index (χ2v) is 16.6. The summed E-state index contributed by atoms with van der Waals surface area (Å²) >= 11 is 0. The van der Waals surface area contributed by atoms with Crippen LogP contribution in [-0.4, -0.2) is 64.3 Å². The Balaban J connectivity index is 0. The smallest absolute Gasteiger partial charge is 0.0780 e. The van der Waals surface area contributed by atoms with Gasteiger partial charge in [0, 0.05) is 0 Å². The molecule has 0 saturated heterocycles. The predicted molar refractivity (Wildman–Crippen MR) is 205 cm³/mol. The van der Waals surface area contributed by atoms with Crippen LogP contribution in [-0.2, 0) is 0 Å². The second kappa shape index (κ2) is 35.8. The van der Waals surface area contributed by atoms with E-state index in [0.717, 1.165) is 8.97 Å². The van der Waals surface area contributed by atoms with Gasteiger partial charge in [-0.2, -0.15) is 0 Å². The van der Waals surface area contributed by atoms with E-state index < -0.39 is 0 Å². The summed E-state index contributed by atoms with van der Waals surface area (Å²) < 4.78 is 2.25. The molecule has 0 fully saturated rings. The van der Waals surface area contributed by atoms with Gasteiger partial charge in [0.1, 0.15) is 0 Å². The summed E-state index contributed by atoms with van der Waals surface area (Å²) in [5.41, 5.74) is 0. The molecule has 0 atom stereocenters. The molecule has 0 spiro atoms. The van der Waals surface area contributed by atoms with E-state index in [1.54, 1.807) is 0 Å². The van der Waals surface area contributed by atoms with Gasteiger partial charge >= 0.3 is 0 Å². The van der Waals surface area contributed by atoms with Crippen molar-refractivity contribution >= 4 is 0 Å². The predicted octanol–water partition coefficient (Wildman–Crippen LogP) is 13.9. The average Bonchev–Trinajstić information content (AvgIpc) is 2.96. The lowest BCUT2D eigenvalue weighted by molar-refractivity contribution is -0.870. The zero-order valence-electron chi connectivity index (χ0n) is 32.9. The van der Waals surface area contributed by atoms with Crippen LogP contribution in [0.5, 0.6) is 0 Å². The summed E-state index contributed by atoms with van der Waals surface area (Å²) in [7, 11) is 13.8.